The van der Waals surface area contributed by atoms with Gasteiger partial charge < -0.3 is 0 Å². The zero-order chi connectivity index (χ0) is 23.1. The van der Waals surface area contributed by atoms with Crippen molar-refractivity contribution in [1.82, 2.24) is 0 Å². The number of hydrogen-bond acceptors (Lipinski definition) is 1. The predicted molar refractivity (Wildman–Crippen MR) is 142 cm³/mol. The lowest BCUT2D eigenvalue weighted by molar-refractivity contribution is -0.659. The fraction of sp³-hybridized carbons (Fsp3) is 0.258. The van der Waals surface area contributed by atoms with Crippen LogP contribution in [-0.2, 0) is 13.5 Å². The molecule has 0 spiro atoms. The van der Waals surface area contributed by atoms with E-state index < -0.39 is 0 Å². The van der Waals surface area contributed by atoms with E-state index in [1.54, 1.807) is 0 Å². The molecule has 0 unspecified atom stereocenters. The van der Waals surface area contributed by atoms with Gasteiger partial charge in [0, 0.05) is 15.9 Å². The number of pyridine rings is 1. The minimum absolute atomic E-state index is 0.282. The van der Waals surface area contributed by atoms with Crippen molar-refractivity contribution in [3.63, 3.8) is 0 Å². The molecule has 4 aromatic carbocycles. The molecule has 0 radical (unpaired) electrons. The number of rotatable bonds is 1. The van der Waals surface area contributed by atoms with E-state index in [1.165, 1.54) is 70.1 Å². The summed E-state index contributed by atoms with van der Waals surface area (Å²) in [6.45, 7) is 11.4. The minimum atomic E-state index is 0.282. The Hall–Kier alpha value is -2.84. The number of hydrogen-bond donors (Lipinski definition) is 0. The van der Waals surface area contributed by atoms with Crippen molar-refractivity contribution >= 4 is 44.1 Å². The summed E-state index contributed by atoms with van der Waals surface area (Å²) in [6, 6.07) is 21.0. The van der Waals surface area contributed by atoms with Gasteiger partial charge in [-0.15, -0.1) is 0 Å². The van der Waals surface area contributed by atoms with Crippen molar-refractivity contribution < 1.29 is 4.57 Å². The van der Waals surface area contributed by atoms with Crippen LogP contribution in [-0.4, -0.2) is 0 Å². The molecule has 1 aliphatic rings. The van der Waals surface area contributed by atoms with Crippen LogP contribution in [0, 0.1) is 19.3 Å². The zero-order valence-corrected chi connectivity index (χ0v) is 21.2. The van der Waals surface area contributed by atoms with Crippen LogP contribution < -0.4 is 4.57 Å². The number of benzene rings is 4. The first-order chi connectivity index (χ1) is 15.7. The summed E-state index contributed by atoms with van der Waals surface area (Å²) in [5.74, 6) is 0. The van der Waals surface area contributed by atoms with E-state index in [0.29, 0.717) is 0 Å². The molecule has 0 fully saturated rings. The Labute approximate surface area is 200 Å². The summed E-state index contributed by atoms with van der Waals surface area (Å²) in [5.41, 5.74) is 7.13. The van der Waals surface area contributed by atoms with Crippen molar-refractivity contribution in [2.75, 3.05) is 0 Å². The van der Waals surface area contributed by atoms with Crippen molar-refractivity contribution in [3.05, 3.63) is 77.5 Å². The second kappa shape index (κ2) is 7.08. The Morgan fingerprint density at radius 3 is 2.36 bits per heavy atom. The van der Waals surface area contributed by atoms with Gasteiger partial charge in [0.15, 0.2) is 6.20 Å². The summed E-state index contributed by atoms with van der Waals surface area (Å²) < 4.78 is 2.32. The highest BCUT2D eigenvalue weighted by atomic mass is 32.2. The molecule has 164 valence electrons. The molecular weight excluding hydrogens is 418 g/mol. The fourth-order valence-electron chi connectivity index (χ4n) is 5.55. The molecule has 0 bridgehead atoms. The second-order valence-corrected chi connectivity index (χ2v) is 12.0. The van der Waals surface area contributed by atoms with Crippen molar-refractivity contribution in [3.8, 4) is 11.3 Å². The maximum absolute atomic E-state index is 2.41. The monoisotopic (exact) mass is 448 g/mol. The molecule has 0 N–H and O–H groups in total. The minimum Gasteiger partial charge on any atom is -0.200 e. The molecule has 2 heterocycles. The number of fused-ring (bicyclic) bond motifs is 5. The van der Waals surface area contributed by atoms with E-state index in [9.17, 15) is 0 Å². The average molecular weight is 449 g/mol. The smallest absolute Gasteiger partial charge is 0.200 e. The molecule has 1 aromatic heterocycles. The van der Waals surface area contributed by atoms with Gasteiger partial charge in [0.2, 0.25) is 5.69 Å². The maximum Gasteiger partial charge on any atom is 0.222 e. The van der Waals surface area contributed by atoms with E-state index in [-0.39, 0.29) is 5.41 Å². The van der Waals surface area contributed by atoms with Gasteiger partial charge in [-0.2, -0.15) is 0 Å². The van der Waals surface area contributed by atoms with Crippen LogP contribution in [0.1, 0.15) is 37.5 Å². The standard InChI is InChI=1S/C31H30NS/c1-18-7-9-24-19(2)27-26(16-22(24)13-18)33-30-25-10-8-20(17-31(3,4)5)14-23(25)15-21-11-12-32(6)29(27)28(21)30/h7-16H,17H2,1-6H3/q+1. The van der Waals surface area contributed by atoms with Crippen LogP contribution in [0.4, 0.5) is 0 Å². The third-order valence-electron chi connectivity index (χ3n) is 6.96. The van der Waals surface area contributed by atoms with Crippen LogP contribution >= 0.6 is 11.8 Å². The molecule has 2 heteroatoms. The summed E-state index contributed by atoms with van der Waals surface area (Å²) in [5, 5.41) is 8.13. The molecule has 33 heavy (non-hydrogen) atoms. The summed E-state index contributed by atoms with van der Waals surface area (Å²) >= 11 is 1.95. The quantitative estimate of drug-likeness (QED) is 0.181. The Balaban J connectivity index is 1.69. The van der Waals surface area contributed by atoms with Crippen LogP contribution in [0.15, 0.2) is 70.6 Å². The zero-order valence-electron chi connectivity index (χ0n) is 20.3. The van der Waals surface area contributed by atoms with Crippen LogP contribution in [0.25, 0.3) is 43.6 Å². The number of aryl methyl sites for hydroxylation is 3. The summed E-state index contributed by atoms with van der Waals surface area (Å²) in [4.78, 5) is 2.77. The molecule has 5 aromatic rings. The number of nitrogens with zero attached hydrogens (tertiary/aromatic N) is 1. The summed E-state index contributed by atoms with van der Waals surface area (Å²) in [6.07, 6.45) is 3.32. The van der Waals surface area contributed by atoms with Crippen molar-refractivity contribution in [2.45, 2.75) is 50.8 Å². The van der Waals surface area contributed by atoms with Gasteiger partial charge in [-0.25, -0.2) is 4.57 Å². The van der Waals surface area contributed by atoms with Crippen LogP contribution in [0.5, 0.6) is 0 Å². The lowest BCUT2D eigenvalue weighted by Gasteiger charge is -2.23. The lowest BCUT2D eigenvalue weighted by Crippen LogP contribution is -2.31. The number of aromatic nitrogens is 1. The van der Waals surface area contributed by atoms with Gasteiger partial charge in [0.25, 0.3) is 0 Å². The Kier molecular flexibility index (Phi) is 4.45. The summed E-state index contributed by atoms with van der Waals surface area (Å²) in [7, 11) is 2.19. The highest BCUT2D eigenvalue weighted by molar-refractivity contribution is 8.00. The highest BCUT2D eigenvalue weighted by Gasteiger charge is 2.30. The Bertz CT molecular complexity index is 1620. The van der Waals surface area contributed by atoms with Gasteiger partial charge in [-0.3, -0.25) is 0 Å². The molecule has 0 saturated heterocycles. The van der Waals surface area contributed by atoms with E-state index in [1.807, 2.05) is 11.8 Å². The van der Waals surface area contributed by atoms with E-state index >= 15 is 0 Å². The largest absolute Gasteiger partial charge is 0.222 e. The van der Waals surface area contributed by atoms with Gasteiger partial charge in [0.1, 0.15) is 7.05 Å². The topological polar surface area (TPSA) is 3.88 Å². The Morgan fingerprint density at radius 1 is 0.818 bits per heavy atom. The third-order valence-corrected chi connectivity index (χ3v) is 8.13. The van der Waals surface area contributed by atoms with E-state index in [4.69, 9.17) is 0 Å². The molecule has 1 aliphatic heterocycles. The fourth-order valence-corrected chi connectivity index (χ4v) is 6.92. The third kappa shape index (κ3) is 3.27. The van der Waals surface area contributed by atoms with Gasteiger partial charge in [0.05, 0.1) is 10.9 Å². The average Bonchev–Trinajstić information content (AvgIpc) is 2.74. The Morgan fingerprint density at radius 2 is 1.58 bits per heavy atom. The molecule has 6 rings (SSSR count). The van der Waals surface area contributed by atoms with E-state index in [0.717, 1.165) is 6.42 Å². The van der Waals surface area contributed by atoms with Crippen LogP contribution in [0.2, 0.25) is 0 Å². The van der Waals surface area contributed by atoms with E-state index in [2.05, 4.69) is 107 Å². The first kappa shape index (κ1) is 20.7. The second-order valence-electron chi connectivity index (χ2n) is 10.9. The first-order valence-corrected chi connectivity index (χ1v) is 12.6. The normalized spacial score (nSPS) is 13.2. The molecule has 0 saturated carbocycles. The molecular formula is C31H30NS+. The first-order valence-electron chi connectivity index (χ1n) is 11.8. The van der Waals surface area contributed by atoms with Gasteiger partial charge in [-0.05, 0) is 75.9 Å². The lowest BCUT2D eigenvalue weighted by atomic mass is 9.87. The van der Waals surface area contributed by atoms with Crippen LogP contribution in [0.3, 0.4) is 0 Å². The molecule has 0 aliphatic carbocycles. The molecule has 0 atom stereocenters. The molecule has 1 nitrogen and oxygen atoms in total. The highest BCUT2D eigenvalue weighted by Crippen LogP contribution is 2.51. The van der Waals surface area contributed by atoms with Gasteiger partial charge >= 0.3 is 0 Å². The SMILES string of the molecule is Cc1ccc2c(C)c3c(cc2c1)Sc1c2ccc(CC(C)(C)C)cc2cc2cc[n+](C)c-3c12. The molecule has 0 amide bonds. The van der Waals surface area contributed by atoms with Crippen molar-refractivity contribution in [2.24, 2.45) is 12.5 Å². The predicted octanol–water partition coefficient (Wildman–Crippen LogP) is 8.31. The van der Waals surface area contributed by atoms with Crippen molar-refractivity contribution in [1.29, 1.82) is 0 Å². The maximum atomic E-state index is 2.41. The van der Waals surface area contributed by atoms with Gasteiger partial charge in [-0.1, -0.05) is 74.5 Å².